The summed E-state index contributed by atoms with van der Waals surface area (Å²) in [6.45, 7) is 1.69. The summed E-state index contributed by atoms with van der Waals surface area (Å²) in [4.78, 5) is 12.9. The molecule has 6 heteroatoms. The molecule has 138 valence electrons. The molecule has 0 amide bonds. The number of carboxylic acids is 1. The molecule has 1 aliphatic rings. The summed E-state index contributed by atoms with van der Waals surface area (Å²) in [5, 5.41) is 9.44. The van der Waals surface area contributed by atoms with Crippen LogP contribution < -0.4 is 9.47 Å². The van der Waals surface area contributed by atoms with Gasteiger partial charge in [-0.3, -0.25) is 9.69 Å². The van der Waals surface area contributed by atoms with Gasteiger partial charge in [0.15, 0.2) is 6.23 Å². The zero-order chi connectivity index (χ0) is 18.4. The lowest BCUT2D eigenvalue weighted by molar-refractivity contribution is -0.137. The van der Waals surface area contributed by atoms with Crippen LogP contribution in [0.15, 0.2) is 48.5 Å². The van der Waals surface area contributed by atoms with E-state index in [0.717, 1.165) is 43.2 Å². The second-order valence-corrected chi connectivity index (χ2v) is 6.71. The quantitative estimate of drug-likeness (QED) is 0.718. The molecule has 0 aliphatic carbocycles. The number of rotatable bonds is 8. The summed E-state index contributed by atoms with van der Waals surface area (Å²) in [7, 11) is 0. The van der Waals surface area contributed by atoms with Gasteiger partial charge in [0.05, 0.1) is 0 Å². The lowest BCUT2D eigenvalue weighted by atomic mass is 10.3. The molecule has 2 aromatic rings. The Morgan fingerprint density at radius 3 is 2.35 bits per heavy atom. The number of benzene rings is 2. The minimum atomic E-state index is -0.752. The molecule has 0 unspecified atom stereocenters. The van der Waals surface area contributed by atoms with E-state index in [4.69, 9.17) is 26.2 Å². The summed E-state index contributed by atoms with van der Waals surface area (Å²) in [5.41, 5.74) is 0. The van der Waals surface area contributed by atoms with Gasteiger partial charge < -0.3 is 14.6 Å². The maximum atomic E-state index is 10.7. The zero-order valence-electron chi connectivity index (χ0n) is 14.4. The second kappa shape index (κ2) is 8.92. The molecule has 1 N–H and O–H groups in total. The van der Waals surface area contributed by atoms with Gasteiger partial charge in [-0.1, -0.05) is 11.6 Å². The van der Waals surface area contributed by atoms with Crippen molar-refractivity contribution < 1.29 is 19.4 Å². The molecule has 1 saturated heterocycles. The molecule has 0 bridgehead atoms. The molecular weight excluding hydrogens is 354 g/mol. The monoisotopic (exact) mass is 375 g/mol. The maximum absolute atomic E-state index is 10.7. The van der Waals surface area contributed by atoms with E-state index < -0.39 is 5.97 Å². The highest BCUT2D eigenvalue weighted by atomic mass is 35.5. The Kier molecular flexibility index (Phi) is 6.36. The number of carboxylic acid groups (broad SMARTS) is 1. The third kappa shape index (κ3) is 5.38. The van der Waals surface area contributed by atoms with Gasteiger partial charge in [-0.25, -0.2) is 0 Å². The van der Waals surface area contributed by atoms with E-state index in [1.807, 2.05) is 36.4 Å². The summed E-state index contributed by atoms with van der Waals surface area (Å²) in [5.74, 6) is 1.48. The van der Waals surface area contributed by atoms with Gasteiger partial charge in [0.25, 0.3) is 0 Å². The fraction of sp³-hybridized carbons (Fsp3) is 0.350. The van der Waals surface area contributed by atoms with Crippen LogP contribution in [0.5, 0.6) is 17.2 Å². The molecule has 26 heavy (non-hydrogen) atoms. The molecule has 1 heterocycles. The maximum Gasteiger partial charge on any atom is 0.303 e. The second-order valence-electron chi connectivity index (χ2n) is 6.28. The predicted octanol–water partition coefficient (Wildman–Crippen LogP) is 4.80. The van der Waals surface area contributed by atoms with Gasteiger partial charge in [0, 0.05) is 24.5 Å². The highest BCUT2D eigenvalue weighted by molar-refractivity contribution is 6.30. The average Bonchev–Trinajstić information content (AvgIpc) is 3.05. The largest absolute Gasteiger partial charge is 0.481 e. The van der Waals surface area contributed by atoms with Crippen molar-refractivity contribution in [3.8, 4) is 17.2 Å². The first-order valence-electron chi connectivity index (χ1n) is 8.76. The molecule has 0 saturated carbocycles. The normalized spacial score (nSPS) is 17.2. The van der Waals surface area contributed by atoms with Crippen molar-refractivity contribution >= 4 is 17.6 Å². The molecular formula is C20H22ClNO4. The first kappa shape index (κ1) is 18.5. The molecule has 0 spiro atoms. The predicted molar refractivity (Wildman–Crippen MR) is 100 cm³/mol. The van der Waals surface area contributed by atoms with Crippen molar-refractivity contribution in [3.63, 3.8) is 0 Å². The molecule has 3 rings (SSSR count). The van der Waals surface area contributed by atoms with Crippen molar-refractivity contribution in [2.75, 3.05) is 13.1 Å². The number of likely N-dealkylation sites (tertiary alicyclic amines) is 1. The van der Waals surface area contributed by atoms with Crippen LogP contribution in [0, 0.1) is 0 Å². The minimum Gasteiger partial charge on any atom is -0.481 e. The number of aliphatic carboxylic acids is 1. The van der Waals surface area contributed by atoms with Crippen LogP contribution >= 0.6 is 11.6 Å². The van der Waals surface area contributed by atoms with Crippen LogP contribution in [0.4, 0.5) is 0 Å². The van der Waals surface area contributed by atoms with E-state index >= 15 is 0 Å². The van der Waals surface area contributed by atoms with E-state index in [1.165, 1.54) is 0 Å². The molecule has 0 aromatic heterocycles. The van der Waals surface area contributed by atoms with E-state index in [-0.39, 0.29) is 12.6 Å². The van der Waals surface area contributed by atoms with E-state index in [1.54, 1.807) is 12.1 Å². The molecule has 0 radical (unpaired) electrons. The van der Waals surface area contributed by atoms with Crippen molar-refractivity contribution in [3.05, 3.63) is 53.6 Å². The Labute approximate surface area is 158 Å². The summed E-state index contributed by atoms with van der Waals surface area (Å²) >= 11 is 5.87. The fourth-order valence-corrected chi connectivity index (χ4v) is 3.13. The first-order valence-corrected chi connectivity index (χ1v) is 9.14. The molecule has 1 fully saturated rings. The Morgan fingerprint density at radius 1 is 1.08 bits per heavy atom. The summed E-state index contributed by atoms with van der Waals surface area (Å²) in [6.07, 6.45) is 2.86. The number of hydrogen-bond acceptors (Lipinski definition) is 4. The first-order chi connectivity index (χ1) is 12.6. The Bertz CT molecular complexity index is 718. The molecule has 1 aliphatic heterocycles. The lowest BCUT2D eigenvalue weighted by Gasteiger charge is -2.25. The van der Waals surface area contributed by atoms with Crippen LogP contribution in [-0.2, 0) is 4.79 Å². The van der Waals surface area contributed by atoms with E-state index in [0.29, 0.717) is 11.4 Å². The third-order valence-corrected chi connectivity index (χ3v) is 4.54. The van der Waals surface area contributed by atoms with Gasteiger partial charge in [0.2, 0.25) is 0 Å². The number of halogens is 1. The molecule has 1 atom stereocenters. The Balaban J connectivity index is 1.53. The van der Waals surface area contributed by atoms with Crippen molar-refractivity contribution in [2.24, 2.45) is 0 Å². The minimum absolute atomic E-state index is 0.00632. The highest BCUT2D eigenvalue weighted by Gasteiger charge is 2.25. The van der Waals surface area contributed by atoms with Crippen LogP contribution in [0.2, 0.25) is 5.02 Å². The highest BCUT2D eigenvalue weighted by Crippen LogP contribution is 2.27. The lowest BCUT2D eigenvalue weighted by Crippen LogP contribution is -2.34. The smallest absolute Gasteiger partial charge is 0.303 e. The topological polar surface area (TPSA) is 59.0 Å². The van der Waals surface area contributed by atoms with Crippen LogP contribution in [0.25, 0.3) is 0 Å². The standard InChI is InChI=1S/C20H22ClNO4/c21-15-5-7-16(8-6-15)25-17-9-11-18(12-10-17)26-19-3-1-13-22(19)14-2-4-20(23)24/h5-12,19H,1-4,13-14H2,(H,23,24)/t19-/m0/s1. The van der Waals surface area contributed by atoms with Crippen LogP contribution in [0.3, 0.4) is 0 Å². The third-order valence-electron chi connectivity index (χ3n) is 4.28. The number of ether oxygens (including phenoxy) is 2. The Hall–Kier alpha value is -2.24. The number of carbonyl (C=O) groups is 1. The molecule has 5 nitrogen and oxygen atoms in total. The van der Waals surface area contributed by atoms with Gasteiger partial charge in [-0.15, -0.1) is 0 Å². The fourth-order valence-electron chi connectivity index (χ4n) is 3.00. The zero-order valence-corrected chi connectivity index (χ0v) is 15.2. The van der Waals surface area contributed by atoms with Crippen molar-refractivity contribution in [1.82, 2.24) is 4.90 Å². The average molecular weight is 376 g/mol. The van der Waals surface area contributed by atoms with Gasteiger partial charge in [-0.2, -0.15) is 0 Å². The van der Waals surface area contributed by atoms with Gasteiger partial charge in [-0.05, 0) is 67.8 Å². The van der Waals surface area contributed by atoms with Crippen LogP contribution in [-0.4, -0.2) is 35.3 Å². The van der Waals surface area contributed by atoms with Crippen molar-refractivity contribution in [2.45, 2.75) is 31.9 Å². The summed E-state index contributed by atoms with van der Waals surface area (Å²) in [6, 6.07) is 14.7. The van der Waals surface area contributed by atoms with E-state index in [9.17, 15) is 4.79 Å². The van der Waals surface area contributed by atoms with Gasteiger partial charge in [0.1, 0.15) is 17.2 Å². The molecule has 2 aromatic carbocycles. The number of hydrogen-bond donors (Lipinski definition) is 1. The van der Waals surface area contributed by atoms with E-state index in [2.05, 4.69) is 4.90 Å². The van der Waals surface area contributed by atoms with Crippen molar-refractivity contribution in [1.29, 1.82) is 0 Å². The van der Waals surface area contributed by atoms with Crippen LogP contribution in [0.1, 0.15) is 25.7 Å². The Morgan fingerprint density at radius 2 is 1.69 bits per heavy atom. The SMILES string of the molecule is O=C(O)CCCN1CCC[C@@H]1Oc1ccc(Oc2ccc(Cl)cc2)cc1. The van der Waals surface area contributed by atoms with Gasteiger partial charge >= 0.3 is 5.97 Å². The summed E-state index contributed by atoms with van der Waals surface area (Å²) < 4.78 is 11.8. The number of nitrogens with zero attached hydrogens (tertiary/aromatic N) is 1.